The highest BCUT2D eigenvalue weighted by atomic mass is 15.3. The SMILES string of the molecule is C=CCN/N=C(\C/C=C/NCC1CCNCCN1C(=C)C)c1ccncc1. The van der Waals surface area contributed by atoms with E-state index in [0.29, 0.717) is 12.6 Å². The average Bonchev–Trinajstić information content (AvgIpc) is 2.93. The number of hydrogen-bond acceptors (Lipinski definition) is 6. The molecular formula is C21H32N6. The lowest BCUT2D eigenvalue weighted by Gasteiger charge is -2.31. The van der Waals surface area contributed by atoms with E-state index in [1.165, 1.54) is 0 Å². The van der Waals surface area contributed by atoms with Crippen molar-refractivity contribution in [1.82, 2.24) is 25.9 Å². The van der Waals surface area contributed by atoms with Crippen molar-refractivity contribution >= 4 is 5.71 Å². The fourth-order valence-electron chi connectivity index (χ4n) is 3.08. The smallest absolute Gasteiger partial charge is 0.0714 e. The molecule has 0 radical (unpaired) electrons. The summed E-state index contributed by atoms with van der Waals surface area (Å²) in [4.78, 5) is 6.47. The molecule has 6 heteroatoms. The van der Waals surface area contributed by atoms with Crippen molar-refractivity contribution in [3.05, 3.63) is 67.3 Å². The Kier molecular flexibility index (Phi) is 9.13. The van der Waals surface area contributed by atoms with Gasteiger partial charge in [0.15, 0.2) is 0 Å². The van der Waals surface area contributed by atoms with Crippen molar-refractivity contribution in [2.45, 2.75) is 25.8 Å². The Labute approximate surface area is 163 Å². The van der Waals surface area contributed by atoms with E-state index in [1.807, 2.05) is 18.3 Å². The van der Waals surface area contributed by atoms with Crippen LogP contribution in [0.1, 0.15) is 25.3 Å². The molecule has 1 aliphatic heterocycles. The monoisotopic (exact) mass is 368 g/mol. The van der Waals surface area contributed by atoms with Gasteiger partial charge >= 0.3 is 0 Å². The van der Waals surface area contributed by atoms with E-state index in [9.17, 15) is 0 Å². The van der Waals surface area contributed by atoms with E-state index >= 15 is 0 Å². The average molecular weight is 369 g/mol. The molecule has 1 aromatic rings. The Bertz CT molecular complexity index is 637. The zero-order chi connectivity index (χ0) is 19.3. The standard InChI is InChI=1S/C21H32N6/c1-4-10-25-26-21(19-7-12-22-13-8-19)6-5-11-24-17-20-9-14-23-15-16-27(20)18(2)3/h4-5,7-8,11-13,20,23-25H,1-2,6,9-10,14-17H2,3H3/b11-5+,26-21+. The minimum Gasteiger partial charge on any atom is -0.389 e. The van der Waals surface area contributed by atoms with E-state index in [-0.39, 0.29) is 0 Å². The molecule has 0 aromatic carbocycles. The molecule has 2 heterocycles. The van der Waals surface area contributed by atoms with Gasteiger partial charge in [-0.3, -0.25) is 4.98 Å². The summed E-state index contributed by atoms with van der Waals surface area (Å²) in [5.41, 5.74) is 6.19. The number of hydrogen-bond donors (Lipinski definition) is 3. The first-order valence-corrected chi connectivity index (χ1v) is 9.54. The van der Waals surface area contributed by atoms with Gasteiger partial charge in [0, 0.05) is 55.8 Å². The summed E-state index contributed by atoms with van der Waals surface area (Å²) in [5.74, 6) is 0. The molecule has 1 fully saturated rings. The molecular weight excluding hydrogens is 336 g/mol. The molecule has 146 valence electrons. The molecule has 0 spiro atoms. The molecule has 0 bridgehead atoms. The highest BCUT2D eigenvalue weighted by molar-refractivity contribution is 6.01. The van der Waals surface area contributed by atoms with Gasteiger partial charge in [0.1, 0.15) is 0 Å². The van der Waals surface area contributed by atoms with Crippen molar-refractivity contribution < 1.29 is 0 Å². The summed E-state index contributed by atoms with van der Waals surface area (Å²) >= 11 is 0. The number of aromatic nitrogens is 1. The third-order valence-electron chi connectivity index (χ3n) is 4.48. The molecule has 6 nitrogen and oxygen atoms in total. The molecule has 1 atom stereocenters. The summed E-state index contributed by atoms with van der Waals surface area (Å²) < 4.78 is 0. The van der Waals surface area contributed by atoms with Crippen molar-refractivity contribution in [1.29, 1.82) is 0 Å². The second-order valence-corrected chi connectivity index (χ2v) is 6.58. The first kappa shape index (κ1) is 20.7. The first-order chi connectivity index (χ1) is 13.2. The zero-order valence-electron chi connectivity index (χ0n) is 16.3. The first-order valence-electron chi connectivity index (χ1n) is 9.54. The van der Waals surface area contributed by atoms with Crippen LogP contribution in [0.15, 0.2) is 66.8 Å². The van der Waals surface area contributed by atoms with Gasteiger partial charge < -0.3 is 21.0 Å². The van der Waals surface area contributed by atoms with Gasteiger partial charge in [-0.05, 0) is 38.2 Å². The van der Waals surface area contributed by atoms with Crippen LogP contribution in [0, 0.1) is 0 Å². The van der Waals surface area contributed by atoms with Crippen LogP contribution in [0.4, 0.5) is 0 Å². The normalized spacial score (nSPS) is 18.2. The summed E-state index contributed by atoms with van der Waals surface area (Å²) in [6.45, 7) is 14.5. The Morgan fingerprint density at radius 1 is 1.41 bits per heavy atom. The summed E-state index contributed by atoms with van der Waals surface area (Å²) in [7, 11) is 0. The zero-order valence-corrected chi connectivity index (χ0v) is 16.3. The van der Waals surface area contributed by atoms with Crippen molar-refractivity contribution in [3.63, 3.8) is 0 Å². The largest absolute Gasteiger partial charge is 0.389 e. The van der Waals surface area contributed by atoms with Crippen LogP contribution in [-0.2, 0) is 0 Å². The van der Waals surface area contributed by atoms with E-state index in [0.717, 1.165) is 56.0 Å². The highest BCUT2D eigenvalue weighted by Gasteiger charge is 2.19. The fourth-order valence-corrected chi connectivity index (χ4v) is 3.08. The Morgan fingerprint density at radius 2 is 2.22 bits per heavy atom. The van der Waals surface area contributed by atoms with Gasteiger partial charge in [0.05, 0.1) is 12.3 Å². The lowest BCUT2D eigenvalue weighted by atomic mass is 10.1. The number of rotatable bonds is 10. The van der Waals surface area contributed by atoms with E-state index in [4.69, 9.17) is 0 Å². The van der Waals surface area contributed by atoms with Crippen LogP contribution >= 0.6 is 0 Å². The number of nitrogens with zero attached hydrogens (tertiary/aromatic N) is 3. The summed E-state index contributed by atoms with van der Waals surface area (Å²) in [5, 5.41) is 11.4. The van der Waals surface area contributed by atoms with Gasteiger partial charge in [-0.2, -0.15) is 5.10 Å². The molecule has 3 N–H and O–H groups in total. The Hall–Kier alpha value is -2.60. The van der Waals surface area contributed by atoms with Crippen molar-refractivity contribution in [3.8, 4) is 0 Å². The lowest BCUT2D eigenvalue weighted by molar-refractivity contribution is 0.263. The summed E-state index contributed by atoms with van der Waals surface area (Å²) in [6, 6.07) is 4.41. The molecule has 1 saturated heterocycles. The quantitative estimate of drug-likeness (QED) is 0.256. The third kappa shape index (κ3) is 7.27. The van der Waals surface area contributed by atoms with Crippen molar-refractivity contribution in [2.24, 2.45) is 5.10 Å². The van der Waals surface area contributed by atoms with Crippen LogP contribution in [0.5, 0.6) is 0 Å². The predicted octanol–water partition coefficient (Wildman–Crippen LogP) is 2.25. The topological polar surface area (TPSA) is 64.6 Å². The van der Waals surface area contributed by atoms with E-state index < -0.39 is 0 Å². The molecule has 1 aromatic heterocycles. The van der Waals surface area contributed by atoms with Gasteiger partial charge in [-0.15, -0.1) is 6.58 Å². The van der Waals surface area contributed by atoms with Gasteiger partial charge in [0.25, 0.3) is 0 Å². The van der Waals surface area contributed by atoms with Crippen LogP contribution < -0.4 is 16.1 Å². The Morgan fingerprint density at radius 3 is 2.96 bits per heavy atom. The maximum Gasteiger partial charge on any atom is 0.0714 e. The second kappa shape index (κ2) is 11.9. The molecule has 0 saturated carbocycles. The van der Waals surface area contributed by atoms with Crippen LogP contribution in [0.2, 0.25) is 0 Å². The fraction of sp³-hybridized carbons (Fsp3) is 0.429. The Balaban J connectivity index is 1.88. The minimum atomic E-state index is 0.463. The molecule has 1 aliphatic rings. The van der Waals surface area contributed by atoms with Crippen LogP contribution in [0.3, 0.4) is 0 Å². The lowest BCUT2D eigenvalue weighted by Crippen LogP contribution is -2.40. The minimum absolute atomic E-state index is 0.463. The molecule has 27 heavy (non-hydrogen) atoms. The molecule has 0 amide bonds. The van der Waals surface area contributed by atoms with E-state index in [2.05, 4.69) is 57.2 Å². The number of nitrogens with one attached hydrogen (secondary N) is 3. The number of allylic oxidation sites excluding steroid dienone is 2. The summed E-state index contributed by atoms with van der Waals surface area (Å²) in [6.07, 6.45) is 11.3. The molecule has 0 aliphatic carbocycles. The number of hydrazone groups is 1. The maximum absolute atomic E-state index is 4.48. The van der Waals surface area contributed by atoms with Crippen LogP contribution in [-0.4, -0.2) is 54.4 Å². The van der Waals surface area contributed by atoms with Crippen molar-refractivity contribution in [2.75, 3.05) is 32.7 Å². The maximum atomic E-state index is 4.48. The molecule has 2 rings (SSSR count). The van der Waals surface area contributed by atoms with E-state index in [1.54, 1.807) is 18.5 Å². The van der Waals surface area contributed by atoms with Gasteiger partial charge in [-0.1, -0.05) is 18.7 Å². The second-order valence-electron chi connectivity index (χ2n) is 6.58. The van der Waals surface area contributed by atoms with Gasteiger partial charge in [0.2, 0.25) is 0 Å². The third-order valence-corrected chi connectivity index (χ3v) is 4.48. The van der Waals surface area contributed by atoms with Crippen LogP contribution in [0.25, 0.3) is 0 Å². The highest BCUT2D eigenvalue weighted by Crippen LogP contribution is 2.12. The molecule has 1 unspecified atom stereocenters. The predicted molar refractivity (Wildman–Crippen MR) is 114 cm³/mol. The van der Waals surface area contributed by atoms with Gasteiger partial charge in [-0.25, -0.2) is 0 Å². The number of pyridine rings is 1.